The number of phenolic OH excluding ortho intramolecular Hbond substituents is 1. The van der Waals surface area contributed by atoms with Crippen molar-refractivity contribution in [3.8, 4) is 5.75 Å². The van der Waals surface area contributed by atoms with Crippen LogP contribution >= 0.6 is 0 Å². The first kappa shape index (κ1) is 19.9. The first-order chi connectivity index (χ1) is 13.9. The van der Waals surface area contributed by atoms with Crippen molar-refractivity contribution in [1.29, 1.82) is 0 Å². The average molecular weight is 393 g/mol. The van der Waals surface area contributed by atoms with Crippen LogP contribution in [-0.2, 0) is 20.9 Å². The number of hydrogen-bond acceptors (Lipinski definition) is 6. The zero-order valence-electron chi connectivity index (χ0n) is 15.7. The lowest BCUT2D eigenvalue weighted by Gasteiger charge is -2.13. The number of hydrogen-bond donors (Lipinski definition) is 2. The van der Waals surface area contributed by atoms with Gasteiger partial charge in [-0.15, -0.1) is 0 Å². The molecule has 0 saturated carbocycles. The number of aliphatic hydroxyl groups is 1. The second kappa shape index (κ2) is 8.43. The van der Waals surface area contributed by atoms with E-state index in [0.717, 1.165) is 5.56 Å². The van der Waals surface area contributed by atoms with Gasteiger partial charge in [0, 0.05) is 24.2 Å². The predicted molar refractivity (Wildman–Crippen MR) is 108 cm³/mol. The van der Waals surface area contributed by atoms with Crippen LogP contribution in [0.25, 0.3) is 16.7 Å². The quantitative estimate of drug-likeness (QED) is 0.289. The van der Waals surface area contributed by atoms with Crippen LogP contribution in [0, 0.1) is 0 Å². The van der Waals surface area contributed by atoms with E-state index in [0.29, 0.717) is 23.5 Å². The van der Waals surface area contributed by atoms with Crippen LogP contribution in [-0.4, -0.2) is 33.1 Å². The molecule has 29 heavy (non-hydrogen) atoms. The molecular formula is C22H19NO6. The Hall–Kier alpha value is -3.87. The van der Waals surface area contributed by atoms with Crippen molar-refractivity contribution in [2.75, 3.05) is 6.61 Å². The Morgan fingerprint density at radius 2 is 1.79 bits per heavy atom. The average Bonchev–Trinajstić information content (AvgIpc) is 2.71. The van der Waals surface area contributed by atoms with Gasteiger partial charge in [-0.3, -0.25) is 9.59 Å². The van der Waals surface area contributed by atoms with Crippen molar-refractivity contribution in [1.82, 2.24) is 4.57 Å². The molecule has 2 N–H and O–H groups in total. The maximum atomic E-state index is 12.8. The molecule has 0 fully saturated rings. The number of carbonyl (C=O) groups excluding carboxylic acids is 2. The highest BCUT2D eigenvalue weighted by atomic mass is 16.5. The van der Waals surface area contributed by atoms with Gasteiger partial charge in [0.1, 0.15) is 11.5 Å². The number of rotatable bonds is 6. The van der Waals surface area contributed by atoms with Gasteiger partial charge in [0.2, 0.25) is 0 Å². The van der Waals surface area contributed by atoms with Gasteiger partial charge in [-0.1, -0.05) is 24.3 Å². The molecule has 0 aliphatic heterocycles. The van der Waals surface area contributed by atoms with E-state index in [9.17, 15) is 24.6 Å². The highest BCUT2D eigenvalue weighted by molar-refractivity contribution is 6.39. The second-order valence-corrected chi connectivity index (χ2v) is 6.30. The number of aliphatic hydroxyl groups excluding tert-OH is 1. The maximum absolute atomic E-state index is 12.8. The lowest BCUT2D eigenvalue weighted by atomic mass is 10.1. The standard InChI is InChI=1S/C22H19NO6/c1-2-29-22(28)20(26)11-19(25)17-13-23(12-14-7-9-15(24)10-8-14)18-6-4-3-5-16(18)21(17)27/h3-11,13,24-25H,2,12H2,1H3. The maximum Gasteiger partial charge on any atom is 0.379 e. The van der Waals surface area contributed by atoms with E-state index in [4.69, 9.17) is 0 Å². The molecule has 148 valence electrons. The number of ketones is 1. The van der Waals surface area contributed by atoms with E-state index in [2.05, 4.69) is 4.74 Å². The van der Waals surface area contributed by atoms with Crippen LogP contribution in [0.4, 0.5) is 0 Å². The van der Waals surface area contributed by atoms with Crippen molar-refractivity contribution in [3.05, 3.63) is 82.2 Å². The highest BCUT2D eigenvalue weighted by Crippen LogP contribution is 2.18. The molecule has 0 aliphatic carbocycles. The fraction of sp³-hybridized carbons (Fsp3) is 0.136. The zero-order chi connectivity index (χ0) is 21.0. The first-order valence-electron chi connectivity index (χ1n) is 8.93. The predicted octanol–water partition coefficient (Wildman–Crippen LogP) is 2.79. The molecule has 2 aromatic carbocycles. The molecule has 0 bridgehead atoms. The molecule has 7 heteroatoms. The summed E-state index contributed by atoms with van der Waals surface area (Å²) in [5.74, 6) is -2.64. The Balaban J connectivity index is 2.09. The summed E-state index contributed by atoms with van der Waals surface area (Å²) < 4.78 is 6.35. The summed E-state index contributed by atoms with van der Waals surface area (Å²) in [7, 11) is 0. The first-order valence-corrected chi connectivity index (χ1v) is 8.93. The lowest BCUT2D eigenvalue weighted by Crippen LogP contribution is -2.18. The number of aromatic nitrogens is 1. The fourth-order valence-electron chi connectivity index (χ4n) is 2.92. The number of carbonyl (C=O) groups is 2. The molecule has 0 aliphatic rings. The van der Waals surface area contributed by atoms with E-state index in [1.807, 2.05) is 0 Å². The molecule has 0 radical (unpaired) electrons. The van der Waals surface area contributed by atoms with E-state index >= 15 is 0 Å². The molecular weight excluding hydrogens is 374 g/mol. The minimum absolute atomic E-state index is 0.0224. The molecule has 0 spiro atoms. The van der Waals surface area contributed by atoms with Crippen LogP contribution in [0.3, 0.4) is 0 Å². The van der Waals surface area contributed by atoms with E-state index in [-0.39, 0.29) is 17.9 Å². The monoisotopic (exact) mass is 393 g/mol. The molecule has 0 amide bonds. The van der Waals surface area contributed by atoms with Crippen LogP contribution in [0.2, 0.25) is 0 Å². The van der Waals surface area contributed by atoms with E-state index in [1.54, 1.807) is 60.0 Å². The summed E-state index contributed by atoms with van der Waals surface area (Å²) in [5, 5.41) is 20.2. The summed E-state index contributed by atoms with van der Waals surface area (Å²) in [6.07, 6.45) is 2.12. The third-order valence-electron chi connectivity index (χ3n) is 4.30. The number of phenols is 1. The number of benzene rings is 2. The number of para-hydroxylation sites is 1. The third-order valence-corrected chi connectivity index (χ3v) is 4.30. The Morgan fingerprint density at radius 3 is 2.48 bits per heavy atom. The van der Waals surface area contributed by atoms with Crippen LogP contribution in [0.1, 0.15) is 18.1 Å². The number of fused-ring (bicyclic) bond motifs is 1. The summed E-state index contributed by atoms with van der Waals surface area (Å²) in [6, 6.07) is 13.5. The van der Waals surface area contributed by atoms with Crippen LogP contribution < -0.4 is 5.43 Å². The normalized spacial score (nSPS) is 11.4. The molecule has 1 aromatic heterocycles. The van der Waals surface area contributed by atoms with Gasteiger partial charge in [-0.2, -0.15) is 0 Å². The molecule has 1 heterocycles. The zero-order valence-corrected chi connectivity index (χ0v) is 15.7. The summed E-state index contributed by atoms with van der Waals surface area (Å²) in [6.45, 7) is 1.93. The molecule has 3 rings (SSSR count). The van der Waals surface area contributed by atoms with Crippen LogP contribution in [0.5, 0.6) is 5.75 Å². The van der Waals surface area contributed by atoms with Gasteiger partial charge < -0.3 is 19.5 Å². The molecule has 0 atom stereocenters. The van der Waals surface area contributed by atoms with Crippen molar-refractivity contribution in [3.63, 3.8) is 0 Å². The number of esters is 1. The largest absolute Gasteiger partial charge is 0.508 e. The fourth-order valence-corrected chi connectivity index (χ4v) is 2.92. The third kappa shape index (κ3) is 4.35. The highest BCUT2D eigenvalue weighted by Gasteiger charge is 2.17. The van der Waals surface area contributed by atoms with Crippen molar-refractivity contribution in [2.24, 2.45) is 0 Å². The van der Waals surface area contributed by atoms with Gasteiger partial charge in [-0.25, -0.2) is 4.79 Å². The topological polar surface area (TPSA) is 106 Å². The number of aromatic hydroxyl groups is 1. The second-order valence-electron chi connectivity index (χ2n) is 6.30. The minimum atomic E-state index is -1.11. The van der Waals surface area contributed by atoms with Gasteiger partial charge in [0.15, 0.2) is 5.43 Å². The van der Waals surface area contributed by atoms with Crippen molar-refractivity contribution in [2.45, 2.75) is 13.5 Å². The van der Waals surface area contributed by atoms with Gasteiger partial charge >= 0.3 is 5.97 Å². The van der Waals surface area contributed by atoms with E-state index in [1.165, 1.54) is 6.20 Å². The van der Waals surface area contributed by atoms with Gasteiger partial charge in [0.25, 0.3) is 5.78 Å². The van der Waals surface area contributed by atoms with Crippen molar-refractivity contribution < 1.29 is 24.5 Å². The Labute approximate surface area is 166 Å². The lowest BCUT2D eigenvalue weighted by molar-refractivity contribution is -0.151. The molecule has 0 saturated heterocycles. The smallest absolute Gasteiger partial charge is 0.379 e. The van der Waals surface area contributed by atoms with E-state index < -0.39 is 22.9 Å². The summed E-state index contributed by atoms with van der Waals surface area (Å²) >= 11 is 0. The molecule has 7 nitrogen and oxygen atoms in total. The van der Waals surface area contributed by atoms with Gasteiger partial charge in [-0.05, 0) is 36.8 Å². The Bertz CT molecular complexity index is 1160. The summed E-state index contributed by atoms with van der Waals surface area (Å²) in [5.41, 5.74) is 0.917. The molecule has 0 unspecified atom stereocenters. The Kier molecular flexibility index (Phi) is 5.78. The number of nitrogens with zero attached hydrogens (tertiary/aromatic N) is 1. The van der Waals surface area contributed by atoms with Crippen LogP contribution in [0.15, 0.2) is 65.6 Å². The number of ether oxygens (including phenoxy) is 1. The molecule has 3 aromatic rings. The SMILES string of the molecule is CCOC(=O)C(=O)C=C(O)c1cn(Cc2ccc(O)cc2)c2ccccc2c1=O. The number of pyridine rings is 1. The summed E-state index contributed by atoms with van der Waals surface area (Å²) in [4.78, 5) is 36.2. The minimum Gasteiger partial charge on any atom is -0.508 e. The Morgan fingerprint density at radius 1 is 1.10 bits per heavy atom. The van der Waals surface area contributed by atoms with Gasteiger partial charge in [0.05, 0.1) is 17.7 Å². The van der Waals surface area contributed by atoms with Crippen molar-refractivity contribution >= 4 is 28.4 Å².